The normalized spacial score (nSPS) is 10.7. The number of nitrogens with zero attached hydrogens (tertiary/aromatic N) is 2. The van der Waals surface area contributed by atoms with E-state index in [-0.39, 0.29) is 5.82 Å². The van der Waals surface area contributed by atoms with Gasteiger partial charge in [-0.1, -0.05) is 6.92 Å². The lowest BCUT2D eigenvalue weighted by molar-refractivity contribution is 0.292. The molecule has 0 fully saturated rings. The second kappa shape index (κ2) is 5.52. The van der Waals surface area contributed by atoms with Gasteiger partial charge in [0.15, 0.2) is 0 Å². The Morgan fingerprint density at radius 3 is 2.78 bits per heavy atom. The molecule has 0 aliphatic rings. The first-order valence-electron chi connectivity index (χ1n) is 5.69. The van der Waals surface area contributed by atoms with Gasteiger partial charge in [0.1, 0.15) is 18.2 Å². The van der Waals surface area contributed by atoms with E-state index in [1.165, 1.54) is 12.1 Å². The highest BCUT2D eigenvalue weighted by Gasteiger charge is 2.07. The third-order valence-corrected chi connectivity index (χ3v) is 3.28. The minimum Gasteiger partial charge on any atom is -0.486 e. The van der Waals surface area contributed by atoms with E-state index in [2.05, 4.69) is 28.0 Å². The molecule has 5 heteroatoms. The summed E-state index contributed by atoms with van der Waals surface area (Å²) in [6.07, 6.45) is 0.897. The second-order valence-corrected chi connectivity index (χ2v) is 4.82. The SMILES string of the molecule is CCc1cc(COc2ccc(F)cc2Br)n(C)n1. The Balaban J connectivity index is 2.08. The van der Waals surface area contributed by atoms with Gasteiger partial charge in [-0.3, -0.25) is 4.68 Å². The number of aromatic nitrogens is 2. The second-order valence-electron chi connectivity index (χ2n) is 3.97. The number of halogens is 2. The van der Waals surface area contributed by atoms with E-state index in [1.807, 2.05) is 13.1 Å². The Hall–Kier alpha value is -1.36. The van der Waals surface area contributed by atoms with Crippen molar-refractivity contribution in [1.82, 2.24) is 9.78 Å². The van der Waals surface area contributed by atoms with Crippen molar-refractivity contribution in [1.29, 1.82) is 0 Å². The minimum absolute atomic E-state index is 0.289. The van der Waals surface area contributed by atoms with Gasteiger partial charge >= 0.3 is 0 Å². The molecule has 0 saturated carbocycles. The molecule has 1 aromatic heterocycles. The number of benzene rings is 1. The highest BCUT2D eigenvalue weighted by molar-refractivity contribution is 9.10. The average Bonchev–Trinajstić information content (AvgIpc) is 2.69. The van der Waals surface area contributed by atoms with Crippen LogP contribution in [0.4, 0.5) is 4.39 Å². The fraction of sp³-hybridized carbons (Fsp3) is 0.308. The van der Waals surface area contributed by atoms with Gasteiger partial charge in [-0.05, 0) is 46.6 Å². The van der Waals surface area contributed by atoms with Crippen molar-refractivity contribution in [3.63, 3.8) is 0 Å². The minimum atomic E-state index is -0.289. The maximum absolute atomic E-state index is 12.9. The van der Waals surface area contributed by atoms with Crippen LogP contribution in [0.5, 0.6) is 5.75 Å². The number of hydrogen-bond acceptors (Lipinski definition) is 2. The number of ether oxygens (including phenoxy) is 1. The third-order valence-electron chi connectivity index (χ3n) is 2.66. The zero-order valence-electron chi connectivity index (χ0n) is 10.3. The molecule has 0 unspecified atom stereocenters. The Kier molecular flexibility index (Phi) is 4.01. The van der Waals surface area contributed by atoms with E-state index in [1.54, 1.807) is 10.7 Å². The zero-order chi connectivity index (χ0) is 13.1. The highest BCUT2D eigenvalue weighted by Crippen LogP contribution is 2.26. The summed E-state index contributed by atoms with van der Waals surface area (Å²) in [7, 11) is 1.89. The summed E-state index contributed by atoms with van der Waals surface area (Å²) in [6, 6.07) is 6.38. The van der Waals surface area contributed by atoms with Gasteiger partial charge in [-0.25, -0.2) is 4.39 Å². The quantitative estimate of drug-likeness (QED) is 0.864. The molecule has 2 aromatic rings. The number of hydrogen-bond donors (Lipinski definition) is 0. The van der Waals surface area contributed by atoms with E-state index in [0.29, 0.717) is 16.8 Å². The van der Waals surface area contributed by atoms with Gasteiger partial charge in [0.25, 0.3) is 0 Å². The standard InChI is InChI=1S/C13H14BrFN2O/c1-3-10-7-11(17(2)16-10)8-18-13-5-4-9(15)6-12(13)14/h4-7H,3,8H2,1-2H3. The van der Waals surface area contributed by atoms with Crippen LogP contribution in [0, 0.1) is 5.82 Å². The number of aryl methyl sites for hydroxylation is 2. The van der Waals surface area contributed by atoms with Crippen LogP contribution in [-0.2, 0) is 20.1 Å². The van der Waals surface area contributed by atoms with Gasteiger partial charge in [-0.2, -0.15) is 5.10 Å². The van der Waals surface area contributed by atoms with E-state index in [4.69, 9.17) is 4.74 Å². The summed E-state index contributed by atoms with van der Waals surface area (Å²) in [5.41, 5.74) is 2.03. The summed E-state index contributed by atoms with van der Waals surface area (Å²) >= 11 is 3.27. The van der Waals surface area contributed by atoms with Gasteiger partial charge in [-0.15, -0.1) is 0 Å². The first-order chi connectivity index (χ1) is 8.60. The Morgan fingerprint density at radius 1 is 1.39 bits per heavy atom. The molecule has 0 aliphatic carbocycles. The van der Waals surface area contributed by atoms with E-state index in [0.717, 1.165) is 17.8 Å². The molecule has 0 saturated heterocycles. The van der Waals surface area contributed by atoms with Crippen LogP contribution in [-0.4, -0.2) is 9.78 Å². The molecule has 0 N–H and O–H groups in total. The summed E-state index contributed by atoms with van der Waals surface area (Å²) in [5.74, 6) is 0.332. The molecular weight excluding hydrogens is 299 g/mol. The van der Waals surface area contributed by atoms with Crippen molar-refractivity contribution in [2.45, 2.75) is 20.0 Å². The molecule has 1 aromatic carbocycles. The van der Waals surface area contributed by atoms with Crippen LogP contribution in [0.25, 0.3) is 0 Å². The molecule has 3 nitrogen and oxygen atoms in total. The average molecular weight is 313 g/mol. The summed E-state index contributed by atoms with van der Waals surface area (Å²) < 4.78 is 21.0. The maximum Gasteiger partial charge on any atom is 0.134 e. The monoisotopic (exact) mass is 312 g/mol. The summed E-state index contributed by atoms with van der Waals surface area (Å²) in [6.45, 7) is 2.47. The van der Waals surface area contributed by atoms with Crippen molar-refractivity contribution < 1.29 is 9.13 Å². The number of rotatable bonds is 4. The van der Waals surface area contributed by atoms with Crippen LogP contribution in [0.2, 0.25) is 0 Å². The lowest BCUT2D eigenvalue weighted by atomic mass is 10.3. The van der Waals surface area contributed by atoms with E-state index < -0.39 is 0 Å². The van der Waals surface area contributed by atoms with Crippen LogP contribution in [0.3, 0.4) is 0 Å². The van der Waals surface area contributed by atoms with E-state index >= 15 is 0 Å². The lowest BCUT2D eigenvalue weighted by Gasteiger charge is -2.08. The molecule has 0 amide bonds. The maximum atomic E-state index is 12.9. The van der Waals surface area contributed by atoms with E-state index in [9.17, 15) is 4.39 Å². The molecular formula is C13H14BrFN2O. The largest absolute Gasteiger partial charge is 0.486 e. The van der Waals surface area contributed by atoms with Crippen LogP contribution in [0.15, 0.2) is 28.7 Å². The molecule has 2 rings (SSSR count). The smallest absolute Gasteiger partial charge is 0.134 e. The molecule has 0 atom stereocenters. The van der Waals surface area contributed by atoms with Gasteiger partial charge < -0.3 is 4.74 Å². The molecule has 0 aliphatic heterocycles. The first kappa shape index (κ1) is 13.1. The molecule has 0 radical (unpaired) electrons. The topological polar surface area (TPSA) is 27.1 Å². The van der Waals surface area contributed by atoms with Gasteiger partial charge in [0.2, 0.25) is 0 Å². The lowest BCUT2D eigenvalue weighted by Crippen LogP contribution is -2.03. The molecule has 0 bridgehead atoms. The third kappa shape index (κ3) is 2.90. The summed E-state index contributed by atoms with van der Waals surface area (Å²) in [5, 5.41) is 4.34. The van der Waals surface area contributed by atoms with Crippen molar-refractivity contribution in [3.05, 3.63) is 45.9 Å². The van der Waals surface area contributed by atoms with Crippen LogP contribution in [0.1, 0.15) is 18.3 Å². The predicted octanol–water partition coefficient (Wildman–Crippen LogP) is 3.46. The summed E-state index contributed by atoms with van der Waals surface area (Å²) in [4.78, 5) is 0. The predicted molar refractivity (Wildman–Crippen MR) is 71.0 cm³/mol. The molecule has 96 valence electrons. The molecule has 0 spiro atoms. The van der Waals surface area contributed by atoms with Crippen LogP contribution < -0.4 is 4.74 Å². The molecule has 18 heavy (non-hydrogen) atoms. The van der Waals surface area contributed by atoms with Crippen molar-refractivity contribution >= 4 is 15.9 Å². The zero-order valence-corrected chi connectivity index (χ0v) is 11.9. The highest BCUT2D eigenvalue weighted by atomic mass is 79.9. The fourth-order valence-corrected chi connectivity index (χ4v) is 2.09. The Morgan fingerprint density at radius 2 is 2.17 bits per heavy atom. The molecule has 1 heterocycles. The fourth-order valence-electron chi connectivity index (χ4n) is 1.62. The first-order valence-corrected chi connectivity index (χ1v) is 6.49. The van der Waals surface area contributed by atoms with Gasteiger partial charge in [0.05, 0.1) is 15.9 Å². The Labute approximate surface area is 114 Å². The van der Waals surface area contributed by atoms with Crippen molar-refractivity contribution in [2.24, 2.45) is 7.05 Å². The van der Waals surface area contributed by atoms with Crippen LogP contribution >= 0.6 is 15.9 Å². The Bertz CT molecular complexity index is 554. The van der Waals surface area contributed by atoms with Crippen molar-refractivity contribution in [2.75, 3.05) is 0 Å². The van der Waals surface area contributed by atoms with Gasteiger partial charge in [0, 0.05) is 7.05 Å². The van der Waals surface area contributed by atoms with Crippen molar-refractivity contribution in [3.8, 4) is 5.75 Å².